The predicted octanol–water partition coefficient (Wildman–Crippen LogP) is 14.3. The molecule has 0 rings (SSSR count). The Morgan fingerprint density at radius 3 is 1.35 bits per heavy atom. The number of phosphoric ester groups is 1. The smallest absolute Gasteiger partial charge is 0.306 e. The predicted molar refractivity (Wildman–Crippen MR) is 263 cm³/mol. The largest absolute Gasteiger partial charge is 0.756 e. The molecular weight excluding hydrogens is 810 g/mol. The number of phosphoric acid groups is 1. The molecule has 0 amide bonds. The molecule has 0 heterocycles. The lowest BCUT2D eigenvalue weighted by atomic mass is 10.0. The number of carbonyl (C=O) groups is 2. The molecule has 0 radical (unpaired) electrons. The summed E-state index contributed by atoms with van der Waals surface area (Å²) in [4.78, 5) is 37.5. The Hall–Kier alpha value is -2.55. The van der Waals surface area contributed by atoms with Crippen LogP contribution in [0.5, 0.6) is 0 Å². The van der Waals surface area contributed by atoms with Gasteiger partial charge in [0, 0.05) is 12.8 Å². The number of hydrogen-bond acceptors (Lipinski definition) is 8. The molecule has 63 heavy (non-hydrogen) atoms. The van der Waals surface area contributed by atoms with E-state index in [1.54, 1.807) is 0 Å². The molecule has 0 N–H and O–H groups in total. The quantitative estimate of drug-likeness (QED) is 0.0195. The molecule has 0 aromatic carbocycles. The average molecular weight is 904 g/mol. The first-order valence-corrected chi connectivity index (χ1v) is 26.6. The van der Waals surface area contributed by atoms with Crippen LogP contribution in [0, 0.1) is 0 Å². The van der Waals surface area contributed by atoms with Crippen molar-refractivity contribution >= 4 is 19.8 Å². The molecule has 0 saturated heterocycles. The average Bonchev–Trinajstić information content (AvgIpc) is 3.24. The minimum Gasteiger partial charge on any atom is -0.756 e. The molecule has 0 saturated carbocycles. The Morgan fingerprint density at radius 2 is 0.905 bits per heavy atom. The van der Waals surface area contributed by atoms with Gasteiger partial charge in [0.1, 0.15) is 19.8 Å². The van der Waals surface area contributed by atoms with Crippen molar-refractivity contribution in [2.24, 2.45) is 0 Å². The van der Waals surface area contributed by atoms with Gasteiger partial charge < -0.3 is 27.9 Å². The van der Waals surface area contributed by atoms with Gasteiger partial charge in [-0.1, -0.05) is 196 Å². The van der Waals surface area contributed by atoms with Gasteiger partial charge in [-0.15, -0.1) is 0 Å². The highest BCUT2D eigenvalue weighted by molar-refractivity contribution is 7.45. The van der Waals surface area contributed by atoms with E-state index in [1.165, 1.54) is 89.9 Å². The van der Waals surface area contributed by atoms with E-state index in [0.717, 1.165) is 77.0 Å². The molecule has 0 aliphatic rings. The van der Waals surface area contributed by atoms with E-state index in [0.29, 0.717) is 17.4 Å². The number of ether oxygens (including phenoxy) is 2. The molecule has 0 aliphatic heterocycles. The Kier molecular flexibility index (Phi) is 42.8. The van der Waals surface area contributed by atoms with Crippen LogP contribution >= 0.6 is 7.82 Å². The molecule has 2 unspecified atom stereocenters. The third kappa shape index (κ3) is 48.7. The molecule has 2 atom stereocenters. The van der Waals surface area contributed by atoms with Crippen molar-refractivity contribution in [3.8, 4) is 0 Å². The van der Waals surface area contributed by atoms with E-state index >= 15 is 0 Å². The van der Waals surface area contributed by atoms with Crippen LogP contribution in [-0.4, -0.2) is 70.0 Å². The highest BCUT2D eigenvalue weighted by atomic mass is 31.2. The van der Waals surface area contributed by atoms with E-state index in [1.807, 2.05) is 21.1 Å². The van der Waals surface area contributed by atoms with E-state index in [9.17, 15) is 19.0 Å². The zero-order valence-corrected chi connectivity index (χ0v) is 41.9. The van der Waals surface area contributed by atoms with Gasteiger partial charge in [0.2, 0.25) is 0 Å². The second-order valence-electron chi connectivity index (χ2n) is 17.8. The Labute approximate surface area is 387 Å². The summed E-state index contributed by atoms with van der Waals surface area (Å²) >= 11 is 0. The van der Waals surface area contributed by atoms with Crippen molar-refractivity contribution in [3.05, 3.63) is 72.9 Å². The number of allylic oxidation sites excluding steroid dienone is 12. The molecule has 0 spiro atoms. The van der Waals surface area contributed by atoms with Gasteiger partial charge in [-0.05, 0) is 64.2 Å². The zero-order valence-electron chi connectivity index (χ0n) is 41.0. The summed E-state index contributed by atoms with van der Waals surface area (Å²) < 4.78 is 33.9. The molecule has 0 aliphatic carbocycles. The fraction of sp³-hybridized carbons (Fsp3) is 0.736. The maximum absolute atomic E-state index is 12.7. The van der Waals surface area contributed by atoms with Gasteiger partial charge in [-0.3, -0.25) is 14.2 Å². The van der Waals surface area contributed by atoms with Crippen molar-refractivity contribution in [2.75, 3.05) is 47.5 Å². The Balaban J connectivity index is 4.06. The fourth-order valence-corrected chi connectivity index (χ4v) is 7.33. The molecule has 10 heteroatoms. The second kappa shape index (κ2) is 44.6. The molecular formula is C53H94NO8P. The standard InChI is InChI=1S/C53H94NO8P/c1-6-8-10-12-14-16-17-18-19-20-21-22-23-24-25-26-27-28-29-30-31-32-33-34-35-36-37-38-40-42-44-46-53(56)62-51(50-61-63(57,58)60-48-47-54(3,4)5)49-59-52(55)45-43-41-39-15-13-11-9-7-2/h8,10,14,16,18-19,21-22,24-25,27-28,51H,6-7,9,11-13,15,17,20,23,26,29-50H2,1-5H3/b10-8-,16-14-,19-18-,22-21-,25-24-,28-27-. The lowest BCUT2D eigenvalue weighted by molar-refractivity contribution is -0.870. The first-order valence-electron chi connectivity index (χ1n) is 25.1. The first-order chi connectivity index (χ1) is 30.5. The van der Waals surface area contributed by atoms with E-state index in [2.05, 4.69) is 86.8 Å². The molecule has 0 fully saturated rings. The van der Waals surface area contributed by atoms with Crippen molar-refractivity contribution < 1.29 is 42.1 Å². The zero-order chi connectivity index (χ0) is 46.4. The van der Waals surface area contributed by atoms with Gasteiger partial charge in [-0.25, -0.2) is 0 Å². The third-order valence-corrected chi connectivity index (χ3v) is 11.5. The van der Waals surface area contributed by atoms with E-state index in [4.69, 9.17) is 18.5 Å². The lowest BCUT2D eigenvalue weighted by Crippen LogP contribution is -2.37. The number of quaternary nitrogens is 1. The van der Waals surface area contributed by atoms with Gasteiger partial charge in [-0.2, -0.15) is 0 Å². The number of unbranched alkanes of at least 4 members (excludes halogenated alkanes) is 19. The third-order valence-electron chi connectivity index (χ3n) is 10.5. The van der Waals surface area contributed by atoms with Crippen molar-refractivity contribution in [1.82, 2.24) is 0 Å². The maximum atomic E-state index is 12.7. The summed E-state index contributed by atoms with van der Waals surface area (Å²) in [5, 5.41) is 0. The van der Waals surface area contributed by atoms with Crippen LogP contribution in [0.25, 0.3) is 0 Å². The summed E-state index contributed by atoms with van der Waals surface area (Å²) in [5.41, 5.74) is 0. The van der Waals surface area contributed by atoms with Crippen LogP contribution in [-0.2, 0) is 32.7 Å². The molecule has 9 nitrogen and oxygen atoms in total. The summed E-state index contributed by atoms with van der Waals surface area (Å²) in [6.07, 6.45) is 56.7. The molecule has 0 aromatic heterocycles. The van der Waals surface area contributed by atoms with Crippen LogP contribution in [0.1, 0.15) is 200 Å². The number of rotatable bonds is 45. The van der Waals surface area contributed by atoms with Crippen LogP contribution < -0.4 is 4.89 Å². The van der Waals surface area contributed by atoms with Crippen LogP contribution in [0.3, 0.4) is 0 Å². The van der Waals surface area contributed by atoms with Gasteiger partial charge in [0.15, 0.2) is 6.10 Å². The van der Waals surface area contributed by atoms with Crippen molar-refractivity contribution in [1.29, 1.82) is 0 Å². The highest BCUT2D eigenvalue weighted by Gasteiger charge is 2.21. The number of esters is 2. The number of hydrogen-bond donors (Lipinski definition) is 0. The summed E-state index contributed by atoms with van der Waals surface area (Å²) in [6.45, 7) is 4.07. The summed E-state index contributed by atoms with van der Waals surface area (Å²) in [7, 11) is 1.16. The maximum Gasteiger partial charge on any atom is 0.306 e. The normalized spacial score (nSPS) is 14.1. The number of likely N-dealkylation sites (N-methyl/N-ethyl adjacent to an activating group) is 1. The minimum absolute atomic E-state index is 0.0326. The van der Waals surface area contributed by atoms with Gasteiger partial charge in [0.05, 0.1) is 27.7 Å². The van der Waals surface area contributed by atoms with Gasteiger partial charge >= 0.3 is 11.9 Å². The van der Waals surface area contributed by atoms with E-state index in [-0.39, 0.29) is 32.0 Å². The fourth-order valence-electron chi connectivity index (χ4n) is 6.60. The van der Waals surface area contributed by atoms with Crippen LogP contribution in [0.15, 0.2) is 72.9 Å². The van der Waals surface area contributed by atoms with Crippen molar-refractivity contribution in [2.45, 2.75) is 206 Å². The highest BCUT2D eigenvalue weighted by Crippen LogP contribution is 2.38. The number of nitrogens with zero attached hydrogens (tertiary/aromatic N) is 1. The Morgan fingerprint density at radius 1 is 0.508 bits per heavy atom. The molecule has 0 bridgehead atoms. The summed E-state index contributed by atoms with van der Waals surface area (Å²) in [5.74, 6) is -0.842. The lowest BCUT2D eigenvalue weighted by Gasteiger charge is -2.28. The van der Waals surface area contributed by atoms with Crippen molar-refractivity contribution in [3.63, 3.8) is 0 Å². The first kappa shape index (κ1) is 60.5. The van der Waals surface area contributed by atoms with E-state index < -0.39 is 26.5 Å². The number of carbonyl (C=O) groups excluding carboxylic acids is 2. The van der Waals surface area contributed by atoms with Crippen LogP contribution in [0.2, 0.25) is 0 Å². The molecule has 0 aromatic rings. The molecule has 364 valence electrons. The monoisotopic (exact) mass is 904 g/mol. The van der Waals surface area contributed by atoms with Crippen LogP contribution in [0.4, 0.5) is 0 Å². The minimum atomic E-state index is -4.62. The Bertz CT molecular complexity index is 1300. The second-order valence-corrected chi connectivity index (χ2v) is 19.2. The topological polar surface area (TPSA) is 111 Å². The van der Waals surface area contributed by atoms with Gasteiger partial charge in [0.25, 0.3) is 7.82 Å². The SMILES string of the molecule is CC/C=C\C/C=C\C/C=C\C/C=C\C/C=C\C/C=C\CCCCCCCCCCCCCCC(=O)OC(COC(=O)CCCCCCCCCC)COP(=O)([O-])OCC[N+](C)(C)C. The summed E-state index contributed by atoms with van der Waals surface area (Å²) in [6, 6.07) is 0.